The summed E-state index contributed by atoms with van der Waals surface area (Å²) in [6.07, 6.45) is 19.4. The van der Waals surface area contributed by atoms with Crippen LogP contribution in [0.25, 0.3) is 0 Å². The molecule has 0 heterocycles. The second-order valence-corrected chi connectivity index (χ2v) is 9.99. The lowest BCUT2D eigenvalue weighted by atomic mass is 9.86. The van der Waals surface area contributed by atoms with Gasteiger partial charge in [0.25, 0.3) is 0 Å². The monoisotopic (exact) mass is 524 g/mol. The van der Waals surface area contributed by atoms with Crippen LogP contribution in [-0.2, 0) is 28.6 Å². The van der Waals surface area contributed by atoms with Gasteiger partial charge in [0.1, 0.15) is 0 Å². The molecule has 0 aromatic heterocycles. The van der Waals surface area contributed by atoms with Gasteiger partial charge in [-0.15, -0.1) is 0 Å². The van der Waals surface area contributed by atoms with Crippen molar-refractivity contribution >= 4 is 17.9 Å². The summed E-state index contributed by atoms with van der Waals surface area (Å²) in [5.41, 5.74) is 0. The highest BCUT2D eigenvalue weighted by atomic mass is 16.5. The van der Waals surface area contributed by atoms with E-state index >= 15 is 0 Å². The third-order valence-corrected chi connectivity index (χ3v) is 6.58. The van der Waals surface area contributed by atoms with Gasteiger partial charge in [-0.25, -0.2) is 0 Å². The van der Waals surface area contributed by atoms with Gasteiger partial charge in [-0.3, -0.25) is 14.4 Å². The molecule has 0 aromatic rings. The Hall–Kier alpha value is -1.85. The lowest BCUT2D eigenvalue weighted by Crippen LogP contribution is -2.28. The summed E-state index contributed by atoms with van der Waals surface area (Å²) in [6.45, 7) is 9.75. The molecule has 37 heavy (non-hydrogen) atoms. The van der Waals surface area contributed by atoms with Crippen LogP contribution < -0.4 is 0 Å². The maximum Gasteiger partial charge on any atom is 0.310 e. The van der Waals surface area contributed by atoms with Crippen molar-refractivity contribution in [3.05, 3.63) is 12.2 Å². The second-order valence-electron chi connectivity index (χ2n) is 9.99. The van der Waals surface area contributed by atoms with E-state index in [4.69, 9.17) is 14.2 Å². The summed E-state index contributed by atoms with van der Waals surface area (Å²) in [5.74, 6) is -1.26. The molecule has 216 valence electrons. The molecule has 0 bridgehead atoms. The zero-order valence-corrected chi connectivity index (χ0v) is 24.4. The molecule has 0 N–H and O–H groups in total. The Morgan fingerprint density at radius 1 is 0.622 bits per heavy atom. The third kappa shape index (κ3) is 20.8. The Labute approximate surface area is 227 Å². The van der Waals surface area contributed by atoms with Crippen LogP contribution in [0.1, 0.15) is 137 Å². The van der Waals surface area contributed by atoms with Gasteiger partial charge in [0.15, 0.2) is 0 Å². The topological polar surface area (TPSA) is 78.9 Å². The van der Waals surface area contributed by atoms with Crippen molar-refractivity contribution in [2.24, 2.45) is 11.8 Å². The number of carbonyl (C=O) groups excluding carboxylic acids is 3. The maximum absolute atomic E-state index is 12.9. The number of esters is 3. The normalized spacial score (nSPS) is 12.9. The molecule has 0 fully saturated rings. The van der Waals surface area contributed by atoms with Crippen molar-refractivity contribution in [3.8, 4) is 0 Å². The minimum Gasteiger partial charge on any atom is -0.466 e. The molecule has 0 saturated carbocycles. The fraction of sp³-hybridized carbons (Fsp3) is 0.839. The van der Waals surface area contributed by atoms with E-state index in [2.05, 4.69) is 32.9 Å². The molecule has 0 spiro atoms. The first-order valence-corrected chi connectivity index (χ1v) is 15.1. The van der Waals surface area contributed by atoms with E-state index in [1.54, 1.807) is 0 Å². The largest absolute Gasteiger partial charge is 0.466 e. The molecular formula is C31H56O6. The molecule has 0 amide bonds. The van der Waals surface area contributed by atoms with E-state index in [0.717, 1.165) is 96.3 Å². The second kappa shape index (κ2) is 25.8. The first kappa shape index (κ1) is 35.2. The van der Waals surface area contributed by atoms with E-state index in [1.807, 2.05) is 6.92 Å². The van der Waals surface area contributed by atoms with E-state index in [0.29, 0.717) is 26.2 Å². The van der Waals surface area contributed by atoms with Crippen LogP contribution in [-0.4, -0.2) is 37.7 Å². The molecule has 0 aliphatic heterocycles. The molecule has 2 atom stereocenters. The summed E-state index contributed by atoms with van der Waals surface area (Å²) in [5, 5.41) is 0. The van der Waals surface area contributed by atoms with Crippen LogP contribution in [0.4, 0.5) is 0 Å². The van der Waals surface area contributed by atoms with Gasteiger partial charge >= 0.3 is 17.9 Å². The number of allylic oxidation sites excluding steroid dienone is 2. The molecule has 0 rings (SSSR count). The summed E-state index contributed by atoms with van der Waals surface area (Å²) < 4.78 is 16.2. The number of rotatable bonds is 25. The van der Waals surface area contributed by atoms with Gasteiger partial charge in [0.05, 0.1) is 32.2 Å². The number of hydrogen-bond acceptors (Lipinski definition) is 6. The fourth-order valence-corrected chi connectivity index (χ4v) is 4.14. The van der Waals surface area contributed by atoms with Gasteiger partial charge in [0.2, 0.25) is 0 Å². The minimum atomic E-state index is -0.509. The summed E-state index contributed by atoms with van der Waals surface area (Å²) in [7, 11) is 0. The standard InChI is InChI=1S/C31H56O6/c1-5-9-18-23-35-29(32)22-17-15-13-12-14-16-21-27(8-4)28(31(34)37-25-20-11-7-3)26-30(33)36-24-19-10-6-2/h16,21,27-28H,5-15,17-20,22-26H2,1-4H3/b21-16+. The summed E-state index contributed by atoms with van der Waals surface area (Å²) in [6, 6.07) is 0. The minimum absolute atomic E-state index is 0.0515. The molecule has 0 aromatic carbocycles. The molecule has 0 saturated heterocycles. The van der Waals surface area contributed by atoms with Crippen LogP contribution in [0.2, 0.25) is 0 Å². The van der Waals surface area contributed by atoms with Gasteiger partial charge < -0.3 is 14.2 Å². The first-order chi connectivity index (χ1) is 18.0. The van der Waals surface area contributed by atoms with Crippen molar-refractivity contribution in [1.82, 2.24) is 0 Å². The van der Waals surface area contributed by atoms with E-state index in [9.17, 15) is 14.4 Å². The molecule has 6 nitrogen and oxygen atoms in total. The van der Waals surface area contributed by atoms with Crippen molar-refractivity contribution in [2.75, 3.05) is 19.8 Å². The SMILES string of the molecule is CCCCCOC(=O)CCCCCC/C=C/C(CC)C(CC(=O)OCCCCC)C(=O)OCCCCC. The Morgan fingerprint density at radius 2 is 1.16 bits per heavy atom. The molecule has 2 unspecified atom stereocenters. The van der Waals surface area contributed by atoms with Crippen LogP contribution in [0, 0.1) is 11.8 Å². The van der Waals surface area contributed by atoms with Gasteiger partial charge in [0, 0.05) is 6.42 Å². The van der Waals surface area contributed by atoms with Gasteiger partial charge in [-0.1, -0.05) is 91.2 Å². The Kier molecular flexibility index (Phi) is 24.5. The molecular weight excluding hydrogens is 468 g/mol. The lowest BCUT2D eigenvalue weighted by Gasteiger charge is -2.22. The Bertz CT molecular complexity index is 601. The lowest BCUT2D eigenvalue weighted by molar-refractivity contribution is -0.156. The van der Waals surface area contributed by atoms with Crippen molar-refractivity contribution in [2.45, 2.75) is 137 Å². The molecule has 6 heteroatoms. The average molecular weight is 525 g/mol. The maximum atomic E-state index is 12.9. The highest BCUT2D eigenvalue weighted by Gasteiger charge is 2.30. The van der Waals surface area contributed by atoms with Crippen molar-refractivity contribution in [1.29, 1.82) is 0 Å². The fourth-order valence-electron chi connectivity index (χ4n) is 4.14. The van der Waals surface area contributed by atoms with Crippen LogP contribution in [0.5, 0.6) is 0 Å². The van der Waals surface area contributed by atoms with Crippen LogP contribution in [0.3, 0.4) is 0 Å². The number of ether oxygens (including phenoxy) is 3. The predicted molar refractivity (Wildman–Crippen MR) is 150 cm³/mol. The van der Waals surface area contributed by atoms with Crippen LogP contribution in [0.15, 0.2) is 12.2 Å². The highest BCUT2D eigenvalue weighted by Crippen LogP contribution is 2.24. The number of unbranched alkanes of at least 4 members (excludes halogenated alkanes) is 10. The van der Waals surface area contributed by atoms with Crippen molar-refractivity contribution < 1.29 is 28.6 Å². The number of carbonyl (C=O) groups is 3. The van der Waals surface area contributed by atoms with E-state index in [1.165, 1.54) is 0 Å². The Balaban J connectivity index is 4.53. The quantitative estimate of drug-likeness (QED) is 0.0519. The van der Waals surface area contributed by atoms with E-state index < -0.39 is 5.92 Å². The number of hydrogen-bond donors (Lipinski definition) is 0. The summed E-state index contributed by atoms with van der Waals surface area (Å²) >= 11 is 0. The van der Waals surface area contributed by atoms with E-state index in [-0.39, 0.29) is 30.2 Å². The van der Waals surface area contributed by atoms with Crippen LogP contribution >= 0.6 is 0 Å². The smallest absolute Gasteiger partial charge is 0.310 e. The van der Waals surface area contributed by atoms with Gasteiger partial charge in [-0.05, 0) is 50.9 Å². The van der Waals surface area contributed by atoms with Gasteiger partial charge in [-0.2, -0.15) is 0 Å². The zero-order valence-electron chi connectivity index (χ0n) is 24.4. The summed E-state index contributed by atoms with van der Waals surface area (Å²) in [4.78, 5) is 37.0. The Morgan fingerprint density at radius 3 is 1.73 bits per heavy atom. The first-order valence-electron chi connectivity index (χ1n) is 15.1. The molecule has 0 radical (unpaired) electrons. The predicted octanol–water partition coefficient (Wildman–Crippen LogP) is 8.12. The van der Waals surface area contributed by atoms with Crippen molar-refractivity contribution in [3.63, 3.8) is 0 Å². The third-order valence-electron chi connectivity index (χ3n) is 6.58. The molecule has 0 aliphatic carbocycles. The zero-order chi connectivity index (χ0) is 27.6. The average Bonchev–Trinajstić information content (AvgIpc) is 2.89. The molecule has 0 aliphatic rings. The highest BCUT2D eigenvalue weighted by molar-refractivity contribution is 5.80.